The minimum absolute atomic E-state index is 0.0126. The number of carbonyl (C=O) groups is 8. The normalized spacial score (nSPS) is 16.6. The van der Waals surface area contributed by atoms with Gasteiger partial charge in [0.15, 0.2) is 13.5 Å². The number of amides is 2. The fourth-order valence-corrected chi connectivity index (χ4v) is 9.30. The van der Waals surface area contributed by atoms with Gasteiger partial charge in [-0.05, 0) is 115 Å². The van der Waals surface area contributed by atoms with Gasteiger partial charge in [0.05, 0.1) is 69.2 Å². The number of aliphatic carboxylic acids is 2. The number of halogens is 2. The van der Waals surface area contributed by atoms with Crippen molar-refractivity contribution in [3.63, 3.8) is 0 Å². The van der Waals surface area contributed by atoms with Gasteiger partial charge in [-0.15, -0.1) is 0 Å². The summed E-state index contributed by atoms with van der Waals surface area (Å²) in [5.74, 6) is -8.62. The number of hydrogen-bond acceptors (Lipinski definition) is 12. The number of carbonyl (C=O) groups excluding carboxylic acids is 6. The predicted molar refractivity (Wildman–Crippen MR) is 260 cm³/mol. The first kappa shape index (κ1) is 56.8. The highest BCUT2D eigenvalue weighted by molar-refractivity contribution is 6.32. The number of benzene rings is 2. The number of nitrogens with zero attached hydrogens (tertiary/aromatic N) is 2. The molecule has 0 saturated carbocycles. The lowest BCUT2D eigenvalue weighted by Gasteiger charge is -2.35. The number of fused-ring (bicyclic) bond motifs is 1. The van der Waals surface area contributed by atoms with Crippen LogP contribution in [0.4, 0.5) is 0 Å². The van der Waals surface area contributed by atoms with E-state index in [-0.39, 0.29) is 61.4 Å². The Morgan fingerprint density at radius 2 is 0.871 bits per heavy atom. The minimum Gasteiger partial charge on any atom is -0.481 e. The van der Waals surface area contributed by atoms with Crippen molar-refractivity contribution in [1.29, 1.82) is 0 Å². The second-order valence-electron chi connectivity index (χ2n) is 20.2. The Labute approximate surface area is 419 Å². The molecule has 0 radical (unpaired) electrons. The molecule has 16 nitrogen and oxygen atoms in total. The standard InChI is InChI=1S/C52H66Cl2N2O14/c1-11-13-23-67-43(59)31(3)25-51(9,27-49(5,6)45(61)62)47(65)69-29-55-39(33-15-19-35(53)20-16-33)37-38(41(55)57)40(34-17-21-36(54)22-18-34)56(42(37)58)30-70-48(66)52(10,28-50(7,8)46(63)64)26-32(4)44(60)68-24-14-12-2/h15-22,31-32H,11-14,23-30H2,1-10H3,(H,61,62)(H,63,64). The van der Waals surface area contributed by atoms with Crippen LogP contribution in [0.3, 0.4) is 0 Å². The van der Waals surface area contributed by atoms with Crippen molar-refractivity contribution in [2.24, 2.45) is 33.5 Å². The van der Waals surface area contributed by atoms with Crippen molar-refractivity contribution in [2.45, 2.75) is 121 Å². The first-order chi connectivity index (χ1) is 32.6. The van der Waals surface area contributed by atoms with Gasteiger partial charge < -0.3 is 29.2 Å². The number of ether oxygens (including phenoxy) is 4. The number of esters is 4. The molecule has 0 bridgehead atoms. The van der Waals surface area contributed by atoms with E-state index in [1.807, 2.05) is 13.8 Å². The molecule has 2 aliphatic heterocycles. The van der Waals surface area contributed by atoms with E-state index in [2.05, 4.69) is 0 Å². The highest BCUT2D eigenvalue weighted by Crippen LogP contribution is 2.48. The lowest BCUT2D eigenvalue weighted by molar-refractivity contribution is -0.168. The van der Waals surface area contributed by atoms with Gasteiger partial charge in [0, 0.05) is 10.0 Å². The Hall–Kier alpha value is -5.74. The van der Waals surface area contributed by atoms with Crippen molar-refractivity contribution < 1.29 is 67.5 Å². The second kappa shape index (κ2) is 23.4. The Kier molecular flexibility index (Phi) is 19.0. The summed E-state index contributed by atoms with van der Waals surface area (Å²) in [6, 6.07) is 12.4. The van der Waals surface area contributed by atoms with Crippen LogP contribution in [-0.4, -0.2) is 94.3 Å². The zero-order valence-corrected chi connectivity index (χ0v) is 43.2. The molecule has 4 rings (SSSR count). The van der Waals surface area contributed by atoms with Gasteiger partial charge in [-0.25, -0.2) is 0 Å². The number of carboxylic acids is 2. The lowest BCUT2D eigenvalue weighted by Crippen LogP contribution is -2.42. The van der Waals surface area contributed by atoms with Gasteiger partial charge in [-0.2, -0.15) is 0 Å². The van der Waals surface area contributed by atoms with Crippen molar-refractivity contribution in [3.8, 4) is 0 Å². The Bertz CT molecular complexity index is 2230. The van der Waals surface area contributed by atoms with E-state index in [1.54, 1.807) is 38.1 Å². The number of carboxylic acid groups (broad SMARTS) is 2. The topological polar surface area (TPSA) is 220 Å². The third-order valence-corrected chi connectivity index (χ3v) is 13.2. The van der Waals surface area contributed by atoms with E-state index in [4.69, 9.17) is 42.1 Å². The Balaban J connectivity index is 1.80. The molecule has 18 heteroatoms. The van der Waals surface area contributed by atoms with E-state index < -0.39 is 94.6 Å². The molecular weight excluding hydrogens is 947 g/mol. The monoisotopic (exact) mass is 1010 g/mol. The van der Waals surface area contributed by atoms with Gasteiger partial charge in [0.2, 0.25) is 0 Å². The maximum Gasteiger partial charge on any atom is 0.313 e. The molecule has 2 N–H and O–H groups in total. The van der Waals surface area contributed by atoms with Crippen molar-refractivity contribution in [2.75, 3.05) is 26.7 Å². The summed E-state index contributed by atoms with van der Waals surface area (Å²) in [6.45, 7) is 14.6. The molecule has 70 heavy (non-hydrogen) atoms. The van der Waals surface area contributed by atoms with E-state index in [9.17, 15) is 39.0 Å². The van der Waals surface area contributed by atoms with Crippen LogP contribution in [0.15, 0.2) is 59.7 Å². The highest BCUT2D eigenvalue weighted by atomic mass is 35.5. The summed E-state index contributed by atoms with van der Waals surface area (Å²) in [7, 11) is 0. The van der Waals surface area contributed by atoms with E-state index in [1.165, 1.54) is 65.8 Å². The van der Waals surface area contributed by atoms with E-state index in [0.29, 0.717) is 34.0 Å². The molecule has 2 aromatic carbocycles. The first-order valence-corrected chi connectivity index (χ1v) is 24.2. The summed E-state index contributed by atoms with van der Waals surface area (Å²) in [6.07, 6.45) is 2.00. The average Bonchev–Trinajstić information content (AvgIpc) is 3.73. The maximum atomic E-state index is 15.0. The van der Waals surface area contributed by atoms with Crippen LogP contribution in [-0.2, 0) is 57.3 Å². The molecular formula is C52H66Cl2N2O14. The fourth-order valence-electron chi connectivity index (χ4n) is 9.05. The van der Waals surface area contributed by atoms with Crippen LogP contribution in [0.5, 0.6) is 0 Å². The molecule has 0 saturated heterocycles. The van der Waals surface area contributed by atoms with Gasteiger partial charge in [-0.1, -0.05) is 88.0 Å². The summed E-state index contributed by atoms with van der Waals surface area (Å²) >= 11 is 12.6. The maximum absolute atomic E-state index is 15.0. The number of unbranched alkanes of at least 4 members (excludes halogenated alkanes) is 2. The van der Waals surface area contributed by atoms with Crippen LogP contribution in [0.2, 0.25) is 10.0 Å². The molecule has 2 amide bonds. The van der Waals surface area contributed by atoms with Crippen LogP contribution < -0.4 is 0 Å². The van der Waals surface area contributed by atoms with Crippen LogP contribution in [0, 0.1) is 33.5 Å². The molecule has 0 aromatic heterocycles. The van der Waals surface area contributed by atoms with Crippen molar-refractivity contribution >= 4 is 82.2 Å². The summed E-state index contributed by atoms with van der Waals surface area (Å²) in [4.78, 5) is 112. The second-order valence-corrected chi connectivity index (χ2v) is 21.0. The zero-order valence-electron chi connectivity index (χ0n) is 41.7. The minimum atomic E-state index is -1.59. The third-order valence-electron chi connectivity index (χ3n) is 12.7. The smallest absolute Gasteiger partial charge is 0.313 e. The average molecular weight is 1010 g/mol. The summed E-state index contributed by atoms with van der Waals surface area (Å²) in [5, 5.41) is 20.9. The van der Waals surface area contributed by atoms with Gasteiger partial charge in [-0.3, -0.25) is 48.2 Å². The third kappa shape index (κ3) is 13.4. The summed E-state index contributed by atoms with van der Waals surface area (Å²) < 4.78 is 22.7. The van der Waals surface area contributed by atoms with Crippen molar-refractivity contribution in [1.82, 2.24) is 9.80 Å². The van der Waals surface area contributed by atoms with Crippen molar-refractivity contribution in [3.05, 3.63) is 80.8 Å². The fraction of sp³-hybridized carbons (Fsp3) is 0.538. The van der Waals surface area contributed by atoms with Gasteiger partial charge in [0.25, 0.3) is 11.8 Å². The summed E-state index contributed by atoms with van der Waals surface area (Å²) in [5.41, 5.74) is -5.75. The molecule has 2 aliphatic rings. The quantitative estimate of drug-likeness (QED) is 0.0509. The molecule has 2 heterocycles. The molecule has 4 unspecified atom stereocenters. The molecule has 2 aromatic rings. The van der Waals surface area contributed by atoms with Crippen LogP contribution >= 0.6 is 23.2 Å². The molecule has 0 aliphatic carbocycles. The molecule has 0 fully saturated rings. The zero-order chi connectivity index (χ0) is 52.5. The van der Waals surface area contributed by atoms with Crippen LogP contribution in [0.1, 0.15) is 132 Å². The van der Waals surface area contributed by atoms with E-state index in [0.717, 1.165) is 22.6 Å². The van der Waals surface area contributed by atoms with E-state index >= 15 is 9.59 Å². The number of hydrogen-bond donors (Lipinski definition) is 2. The largest absolute Gasteiger partial charge is 0.481 e. The molecule has 4 atom stereocenters. The Morgan fingerprint density at radius 1 is 0.557 bits per heavy atom. The van der Waals surface area contributed by atoms with Gasteiger partial charge >= 0.3 is 35.8 Å². The lowest BCUT2D eigenvalue weighted by atomic mass is 9.70. The predicted octanol–water partition coefficient (Wildman–Crippen LogP) is 9.56. The molecule has 0 spiro atoms. The van der Waals surface area contributed by atoms with Crippen LogP contribution in [0.25, 0.3) is 11.4 Å². The van der Waals surface area contributed by atoms with Gasteiger partial charge in [0.1, 0.15) is 0 Å². The number of rotatable bonds is 26. The SMILES string of the molecule is CCCCOC(=O)C(C)CC(C)(CC(C)(C)C(=O)O)C(=O)OCN1C(=O)C2=C(c3ccc(Cl)cc3)N(COC(=O)C(C)(CC(C)C(=O)OCCCC)CC(C)(C)C(=O)O)C(=O)C2=C1c1ccc(Cl)cc1. The highest BCUT2D eigenvalue weighted by Gasteiger charge is 2.52. The Morgan fingerprint density at radius 3 is 1.16 bits per heavy atom. The molecule has 382 valence electrons. The first-order valence-electron chi connectivity index (χ1n) is 23.4.